The minimum Gasteiger partial charge on any atom is -0.460 e. The summed E-state index contributed by atoms with van der Waals surface area (Å²) in [7, 11) is 0. The standard InChI is InChI=1S/C16H16N4O4/c1-9-2-3-12(24-9)10-6-11(19-18-10)14(22)20-5-4-16(8-20)7-13(21)17-15(16)23/h2-3,6H,4-5,7-8H2,1H3,(H,18,19)(H,17,21,23)/t16-/m1/s1. The Kier molecular flexibility index (Phi) is 3.09. The molecule has 1 spiro atoms. The molecular formula is C16H16N4O4. The van der Waals surface area contributed by atoms with E-state index in [4.69, 9.17) is 4.42 Å². The number of carbonyl (C=O) groups excluding carboxylic acids is 3. The lowest BCUT2D eigenvalue weighted by Gasteiger charge is -2.19. The summed E-state index contributed by atoms with van der Waals surface area (Å²) in [4.78, 5) is 37.7. The molecule has 0 aromatic carbocycles. The molecule has 2 aromatic heterocycles. The second-order valence-corrected chi connectivity index (χ2v) is 6.39. The van der Waals surface area contributed by atoms with Crippen molar-refractivity contribution in [1.29, 1.82) is 0 Å². The second-order valence-electron chi connectivity index (χ2n) is 6.39. The number of aromatic amines is 1. The van der Waals surface area contributed by atoms with E-state index in [-0.39, 0.29) is 36.4 Å². The van der Waals surface area contributed by atoms with Crippen molar-refractivity contribution >= 4 is 17.7 Å². The third kappa shape index (κ3) is 2.22. The highest BCUT2D eigenvalue weighted by atomic mass is 16.3. The van der Waals surface area contributed by atoms with E-state index in [0.29, 0.717) is 24.4 Å². The van der Waals surface area contributed by atoms with Gasteiger partial charge in [-0.3, -0.25) is 24.8 Å². The zero-order valence-corrected chi connectivity index (χ0v) is 13.1. The normalized spacial score (nSPS) is 23.3. The lowest BCUT2D eigenvalue weighted by molar-refractivity contribution is -0.128. The number of aromatic nitrogens is 2. The molecule has 4 rings (SSSR count). The van der Waals surface area contributed by atoms with Crippen LogP contribution in [0.3, 0.4) is 0 Å². The molecule has 2 N–H and O–H groups in total. The van der Waals surface area contributed by atoms with Crippen LogP contribution in [-0.2, 0) is 9.59 Å². The van der Waals surface area contributed by atoms with Crippen molar-refractivity contribution in [3.8, 4) is 11.5 Å². The maximum atomic E-state index is 12.6. The fraction of sp³-hybridized carbons (Fsp3) is 0.375. The van der Waals surface area contributed by atoms with E-state index >= 15 is 0 Å². The Morgan fingerprint density at radius 1 is 1.38 bits per heavy atom. The van der Waals surface area contributed by atoms with Crippen molar-refractivity contribution in [1.82, 2.24) is 20.4 Å². The number of aryl methyl sites for hydroxylation is 1. The van der Waals surface area contributed by atoms with Crippen LogP contribution in [0.2, 0.25) is 0 Å². The van der Waals surface area contributed by atoms with E-state index in [1.165, 1.54) is 0 Å². The fourth-order valence-corrected chi connectivity index (χ4v) is 3.37. The summed E-state index contributed by atoms with van der Waals surface area (Å²) < 4.78 is 5.50. The van der Waals surface area contributed by atoms with Gasteiger partial charge in [0.25, 0.3) is 5.91 Å². The largest absolute Gasteiger partial charge is 0.460 e. The molecule has 8 nitrogen and oxygen atoms in total. The predicted molar refractivity (Wildman–Crippen MR) is 81.7 cm³/mol. The number of nitrogens with zero attached hydrogens (tertiary/aromatic N) is 2. The highest BCUT2D eigenvalue weighted by molar-refractivity contribution is 6.06. The van der Waals surface area contributed by atoms with Gasteiger partial charge in [0.05, 0.1) is 5.41 Å². The van der Waals surface area contributed by atoms with E-state index in [0.717, 1.165) is 5.76 Å². The Morgan fingerprint density at radius 2 is 2.21 bits per heavy atom. The molecule has 24 heavy (non-hydrogen) atoms. The van der Waals surface area contributed by atoms with E-state index in [1.54, 1.807) is 17.0 Å². The highest BCUT2D eigenvalue weighted by Gasteiger charge is 2.52. The second kappa shape index (κ2) is 5.05. The third-order valence-corrected chi connectivity index (χ3v) is 4.68. The average Bonchev–Trinajstić information content (AvgIpc) is 3.27. The zero-order valence-electron chi connectivity index (χ0n) is 13.1. The van der Waals surface area contributed by atoms with Gasteiger partial charge in [-0.15, -0.1) is 0 Å². The van der Waals surface area contributed by atoms with Crippen LogP contribution in [-0.4, -0.2) is 45.9 Å². The number of amides is 3. The smallest absolute Gasteiger partial charge is 0.274 e. The van der Waals surface area contributed by atoms with Crippen molar-refractivity contribution in [3.63, 3.8) is 0 Å². The minimum atomic E-state index is -0.774. The first-order chi connectivity index (χ1) is 11.5. The van der Waals surface area contributed by atoms with Gasteiger partial charge in [0.15, 0.2) is 11.5 Å². The van der Waals surface area contributed by atoms with Gasteiger partial charge in [-0.1, -0.05) is 0 Å². The zero-order chi connectivity index (χ0) is 16.9. The summed E-state index contributed by atoms with van der Waals surface area (Å²) in [5.41, 5.74) is 0.110. The Bertz CT molecular complexity index is 852. The maximum Gasteiger partial charge on any atom is 0.274 e. The Hall–Kier alpha value is -2.90. The molecule has 4 heterocycles. The molecular weight excluding hydrogens is 312 g/mol. The summed E-state index contributed by atoms with van der Waals surface area (Å²) in [6, 6.07) is 5.26. The van der Waals surface area contributed by atoms with Gasteiger partial charge < -0.3 is 9.32 Å². The number of rotatable bonds is 2. The number of imide groups is 1. The number of nitrogens with one attached hydrogen (secondary N) is 2. The fourth-order valence-electron chi connectivity index (χ4n) is 3.37. The topological polar surface area (TPSA) is 108 Å². The van der Waals surface area contributed by atoms with Crippen LogP contribution >= 0.6 is 0 Å². The summed E-state index contributed by atoms with van der Waals surface area (Å²) in [5.74, 6) is 0.564. The molecule has 0 saturated carbocycles. The molecule has 0 aliphatic carbocycles. The van der Waals surface area contributed by atoms with E-state index in [9.17, 15) is 14.4 Å². The monoisotopic (exact) mass is 328 g/mol. The van der Waals surface area contributed by atoms with Gasteiger partial charge >= 0.3 is 0 Å². The predicted octanol–water partition coefficient (Wildman–Crippen LogP) is 0.857. The average molecular weight is 328 g/mol. The number of furan rings is 1. The summed E-state index contributed by atoms with van der Waals surface area (Å²) in [5, 5.41) is 9.17. The summed E-state index contributed by atoms with van der Waals surface area (Å²) in [6.07, 6.45) is 0.637. The molecule has 124 valence electrons. The number of hydrogen-bond acceptors (Lipinski definition) is 5. The minimum absolute atomic E-state index is 0.146. The van der Waals surface area contributed by atoms with Crippen molar-refractivity contribution in [2.45, 2.75) is 19.8 Å². The van der Waals surface area contributed by atoms with E-state index in [1.807, 2.05) is 13.0 Å². The molecule has 1 atom stereocenters. The number of carbonyl (C=O) groups is 3. The van der Waals surface area contributed by atoms with Crippen LogP contribution in [0.4, 0.5) is 0 Å². The van der Waals surface area contributed by atoms with Crippen molar-refractivity contribution < 1.29 is 18.8 Å². The van der Waals surface area contributed by atoms with Crippen LogP contribution in [0.25, 0.3) is 11.5 Å². The van der Waals surface area contributed by atoms with Crippen molar-refractivity contribution in [2.75, 3.05) is 13.1 Å². The van der Waals surface area contributed by atoms with Gasteiger partial charge in [-0.25, -0.2) is 0 Å². The number of likely N-dealkylation sites (tertiary alicyclic amines) is 1. The molecule has 2 fully saturated rings. The third-order valence-electron chi connectivity index (χ3n) is 4.68. The molecule has 2 aromatic rings. The molecule has 2 saturated heterocycles. The number of hydrogen-bond donors (Lipinski definition) is 2. The van der Waals surface area contributed by atoms with Gasteiger partial charge in [0.2, 0.25) is 11.8 Å². The summed E-state index contributed by atoms with van der Waals surface area (Å²) >= 11 is 0. The van der Waals surface area contributed by atoms with Crippen LogP contribution < -0.4 is 5.32 Å². The van der Waals surface area contributed by atoms with Crippen LogP contribution in [0.5, 0.6) is 0 Å². The van der Waals surface area contributed by atoms with Crippen LogP contribution in [0.1, 0.15) is 29.1 Å². The van der Waals surface area contributed by atoms with E-state index < -0.39 is 5.41 Å². The summed E-state index contributed by atoms with van der Waals surface area (Å²) in [6.45, 7) is 2.51. The first kappa shape index (κ1) is 14.7. The maximum absolute atomic E-state index is 12.6. The van der Waals surface area contributed by atoms with Gasteiger partial charge in [0, 0.05) is 25.6 Å². The Morgan fingerprint density at radius 3 is 2.88 bits per heavy atom. The molecule has 0 bridgehead atoms. The van der Waals surface area contributed by atoms with Gasteiger partial charge in [0.1, 0.15) is 11.5 Å². The first-order valence-corrected chi connectivity index (χ1v) is 7.73. The van der Waals surface area contributed by atoms with Crippen molar-refractivity contribution in [3.05, 3.63) is 29.7 Å². The highest BCUT2D eigenvalue weighted by Crippen LogP contribution is 2.38. The van der Waals surface area contributed by atoms with Gasteiger partial charge in [-0.2, -0.15) is 5.10 Å². The van der Waals surface area contributed by atoms with E-state index in [2.05, 4.69) is 15.5 Å². The van der Waals surface area contributed by atoms with Crippen molar-refractivity contribution in [2.24, 2.45) is 5.41 Å². The lowest BCUT2D eigenvalue weighted by Crippen LogP contribution is -2.36. The molecule has 3 amide bonds. The Labute approximate surface area is 137 Å². The van der Waals surface area contributed by atoms with Crippen LogP contribution in [0.15, 0.2) is 22.6 Å². The molecule has 2 aliphatic heterocycles. The lowest BCUT2D eigenvalue weighted by atomic mass is 9.85. The molecule has 2 aliphatic rings. The molecule has 0 radical (unpaired) electrons. The SMILES string of the molecule is Cc1ccc(-c2cc(C(=O)N3CC[C@@]4(CC(=O)NC4=O)C3)n[nH]2)o1. The quantitative estimate of drug-likeness (QED) is 0.795. The molecule has 8 heteroatoms. The number of H-pyrrole nitrogens is 1. The van der Waals surface area contributed by atoms with Gasteiger partial charge in [-0.05, 0) is 25.5 Å². The van der Waals surface area contributed by atoms with Crippen LogP contribution in [0, 0.1) is 12.3 Å². The Balaban J connectivity index is 1.52. The first-order valence-electron chi connectivity index (χ1n) is 7.73. The molecule has 0 unspecified atom stereocenters.